The maximum atomic E-state index is 4.71. The molecule has 0 spiro atoms. The zero-order chi connectivity index (χ0) is 16.5. The number of hydrogen-bond acceptors (Lipinski definition) is 3. The molecule has 5 heteroatoms. The minimum absolute atomic E-state index is 0.541. The topological polar surface area (TPSA) is 58.9 Å². The summed E-state index contributed by atoms with van der Waals surface area (Å²) in [6, 6.07) is 6.77. The van der Waals surface area contributed by atoms with E-state index in [1.807, 2.05) is 30.1 Å². The van der Waals surface area contributed by atoms with Gasteiger partial charge in [0.05, 0.1) is 0 Å². The summed E-state index contributed by atoms with van der Waals surface area (Å²) in [7, 11) is 1.97. The van der Waals surface area contributed by atoms with Crippen LogP contribution in [-0.2, 0) is 7.05 Å². The molecule has 0 amide bonds. The van der Waals surface area contributed by atoms with Crippen molar-refractivity contribution in [2.75, 3.05) is 0 Å². The second-order valence-electron chi connectivity index (χ2n) is 6.18. The maximum absolute atomic E-state index is 4.71. The summed E-state index contributed by atoms with van der Waals surface area (Å²) in [5, 5.41) is 1.05. The van der Waals surface area contributed by atoms with Gasteiger partial charge in [0.15, 0.2) is 0 Å². The van der Waals surface area contributed by atoms with Gasteiger partial charge in [-0.05, 0) is 31.9 Å². The van der Waals surface area contributed by atoms with E-state index < -0.39 is 0 Å². The Morgan fingerprint density at radius 3 is 2.92 bits per heavy atom. The van der Waals surface area contributed by atoms with Crippen molar-refractivity contribution >= 4 is 11.0 Å². The molecule has 0 atom stereocenters. The molecule has 0 aliphatic heterocycles. The molecule has 24 heavy (non-hydrogen) atoms. The van der Waals surface area contributed by atoms with Crippen molar-refractivity contribution in [3.8, 4) is 23.1 Å². The summed E-state index contributed by atoms with van der Waals surface area (Å²) < 4.78 is 1.97. The van der Waals surface area contributed by atoms with Crippen LogP contribution in [0.25, 0.3) is 22.2 Å². The highest BCUT2D eigenvalue weighted by Gasteiger charge is 2.22. The van der Waals surface area contributed by atoms with Crippen LogP contribution in [0, 0.1) is 12.0 Å². The number of hydrogen-bond donors (Lipinski definition) is 1. The summed E-state index contributed by atoms with van der Waals surface area (Å²) in [6.45, 7) is 1.78. The van der Waals surface area contributed by atoms with Crippen molar-refractivity contribution < 1.29 is 0 Å². The van der Waals surface area contributed by atoms with E-state index in [4.69, 9.17) is 4.98 Å². The Bertz CT molecular complexity index is 1030. The number of nitrogens with one attached hydrogen (secondary N) is 1. The number of aromatic nitrogens is 4. The van der Waals surface area contributed by atoms with Gasteiger partial charge in [0.25, 0.3) is 0 Å². The Kier molecular flexibility index (Phi) is 3.66. The van der Waals surface area contributed by atoms with Crippen LogP contribution in [0.3, 0.4) is 0 Å². The van der Waals surface area contributed by atoms with E-state index in [9.17, 15) is 0 Å². The SMILES string of the molecule is CC#CN=c1ccc(-c2c[nH]c3nc(C4CCC4)ncc23)cn1C. The molecule has 120 valence electrons. The summed E-state index contributed by atoms with van der Waals surface area (Å²) >= 11 is 0. The van der Waals surface area contributed by atoms with E-state index in [-0.39, 0.29) is 0 Å². The first-order valence-corrected chi connectivity index (χ1v) is 8.23. The molecule has 1 saturated carbocycles. The Hall–Kier alpha value is -2.87. The molecule has 3 aromatic rings. The van der Waals surface area contributed by atoms with Gasteiger partial charge in [-0.3, -0.25) is 0 Å². The minimum atomic E-state index is 0.541. The van der Waals surface area contributed by atoms with E-state index in [0.717, 1.165) is 33.5 Å². The first kappa shape index (κ1) is 14.7. The highest BCUT2D eigenvalue weighted by atomic mass is 15.0. The van der Waals surface area contributed by atoms with Gasteiger partial charge >= 0.3 is 0 Å². The van der Waals surface area contributed by atoms with Crippen molar-refractivity contribution in [3.63, 3.8) is 0 Å². The van der Waals surface area contributed by atoms with Gasteiger partial charge in [-0.15, -0.1) is 0 Å². The molecular weight excluding hydrogens is 298 g/mol. The zero-order valence-corrected chi connectivity index (χ0v) is 13.9. The number of nitrogens with zero attached hydrogens (tertiary/aromatic N) is 4. The molecule has 0 bridgehead atoms. The van der Waals surface area contributed by atoms with Gasteiger partial charge in [0.2, 0.25) is 0 Å². The largest absolute Gasteiger partial charge is 0.345 e. The average Bonchev–Trinajstić information content (AvgIpc) is 2.95. The number of aromatic amines is 1. The van der Waals surface area contributed by atoms with Crippen LogP contribution >= 0.6 is 0 Å². The third kappa shape index (κ3) is 2.50. The lowest BCUT2D eigenvalue weighted by Crippen LogP contribution is -2.16. The molecule has 0 aromatic carbocycles. The lowest BCUT2D eigenvalue weighted by molar-refractivity contribution is 0.402. The first-order chi connectivity index (χ1) is 11.8. The predicted molar refractivity (Wildman–Crippen MR) is 93.9 cm³/mol. The zero-order valence-electron chi connectivity index (χ0n) is 13.9. The predicted octanol–water partition coefficient (Wildman–Crippen LogP) is 3.11. The molecule has 1 aliphatic carbocycles. The second kappa shape index (κ2) is 5.97. The van der Waals surface area contributed by atoms with E-state index in [1.54, 1.807) is 6.92 Å². The van der Waals surface area contributed by atoms with Crippen LogP contribution in [0.2, 0.25) is 0 Å². The number of fused-ring (bicyclic) bond motifs is 1. The average molecular weight is 317 g/mol. The van der Waals surface area contributed by atoms with Gasteiger partial charge < -0.3 is 9.55 Å². The van der Waals surface area contributed by atoms with E-state index in [0.29, 0.717) is 5.92 Å². The van der Waals surface area contributed by atoms with Gasteiger partial charge in [-0.2, -0.15) is 4.99 Å². The molecular formula is C19H19N5. The number of aryl methyl sites for hydroxylation is 1. The minimum Gasteiger partial charge on any atom is -0.345 e. The smallest absolute Gasteiger partial charge is 0.142 e. The summed E-state index contributed by atoms with van der Waals surface area (Å²) in [5.41, 5.74) is 3.95. The summed E-state index contributed by atoms with van der Waals surface area (Å²) in [5.74, 6) is 4.30. The highest BCUT2D eigenvalue weighted by Crippen LogP contribution is 2.35. The van der Waals surface area contributed by atoms with E-state index in [1.165, 1.54) is 19.3 Å². The van der Waals surface area contributed by atoms with Crippen molar-refractivity contribution in [1.29, 1.82) is 0 Å². The van der Waals surface area contributed by atoms with Crippen molar-refractivity contribution in [2.45, 2.75) is 32.1 Å². The van der Waals surface area contributed by atoms with Crippen LogP contribution in [-0.4, -0.2) is 19.5 Å². The van der Waals surface area contributed by atoms with Gasteiger partial charge in [-0.1, -0.05) is 12.3 Å². The fourth-order valence-electron chi connectivity index (χ4n) is 3.01. The van der Waals surface area contributed by atoms with Crippen molar-refractivity contribution in [2.24, 2.45) is 12.0 Å². The lowest BCUT2D eigenvalue weighted by atomic mass is 9.85. The molecule has 3 aromatic heterocycles. The normalized spacial score (nSPS) is 15.2. The Morgan fingerprint density at radius 1 is 1.33 bits per heavy atom. The van der Waals surface area contributed by atoms with Gasteiger partial charge in [-0.25, -0.2) is 9.97 Å². The highest BCUT2D eigenvalue weighted by molar-refractivity contribution is 5.92. The monoisotopic (exact) mass is 317 g/mol. The molecule has 0 saturated heterocycles. The van der Waals surface area contributed by atoms with Crippen LogP contribution in [0.1, 0.15) is 37.9 Å². The Labute approximate surface area is 140 Å². The number of pyridine rings is 1. The number of H-pyrrole nitrogens is 1. The molecule has 1 N–H and O–H groups in total. The lowest BCUT2D eigenvalue weighted by Gasteiger charge is -2.23. The van der Waals surface area contributed by atoms with Crippen molar-refractivity contribution in [3.05, 3.63) is 42.0 Å². The van der Waals surface area contributed by atoms with Crippen LogP contribution in [0.4, 0.5) is 0 Å². The fourth-order valence-corrected chi connectivity index (χ4v) is 3.01. The molecule has 3 heterocycles. The summed E-state index contributed by atoms with van der Waals surface area (Å²) in [4.78, 5) is 16.8. The third-order valence-electron chi connectivity index (χ3n) is 4.62. The molecule has 0 radical (unpaired) electrons. The van der Waals surface area contributed by atoms with E-state index in [2.05, 4.69) is 39.2 Å². The molecule has 0 unspecified atom stereocenters. The Morgan fingerprint density at radius 2 is 2.21 bits per heavy atom. The van der Waals surface area contributed by atoms with Crippen molar-refractivity contribution in [1.82, 2.24) is 19.5 Å². The van der Waals surface area contributed by atoms with Gasteiger partial charge in [0.1, 0.15) is 17.0 Å². The quantitative estimate of drug-likeness (QED) is 0.738. The maximum Gasteiger partial charge on any atom is 0.142 e. The first-order valence-electron chi connectivity index (χ1n) is 8.23. The molecule has 5 nitrogen and oxygen atoms in total. The fraction of sp³-hybridized carbons (Fsp3) is 0.316. The molecule has 1 aliphatic rings. The summed E-state index contributed by atoms with van der Waals surface area (Å²) in [6.07, 6.45) is 9.71. The van der Waals surface area contributed by atoms with Gasteiger partial charge in [0, 0.05) is 54.1 Å². The van der Waals surface area contributed by atoms with E-state index >= 15 is 0 Å². The van der Waals surface area contributed by atoms with Crippen LogP contribution in [0.15, 0.2) is 35.7 Å². The standard InChI is InChI=1S/C19H19N5/c1-3-9-20-17-8-7-14(12-24(17)2)15-10-22-19-16(15)11-21-18(23-19)13-5-4-6-13/h7-8,10-13H,4-6H2,1-2H3,(H,21,22,23). The molecule has 4 rings (SSSR count). The van der Waals surface area contributed by atoms with Crippen LogP contribution < -0.4 is 5.49 Å². The third-order valence-corrected chi connectivity index (χ3v) is 4.62. The number of rotatable bonds is 2. The van der Waals surface area contributed by atoms with Crippen LogP contribution in [0.5, 0.6) is 0 Å². The second-order valence-corrected chi connectivity index (χ2v) is 6.18. The Balaban J connectivity index is 1.76. The molecule has 1 fully saturated rings.